The monoisotopic (exact) mass is 1800 g/mol. The molecule has 0 saturated heterocycles. The summed E-state index contributed by atoms with van der Waals surface area (Å²) in [6, 6.07) is 43.7. The molecule has 33 heteroatoms. The van der Waals surface area contributed by atoms with Crippen molar-refractivity contribution in [2.24, 2.45) is 0 Å². The summed E-state index contributed by atoms with van der Waals surface area (Å²) in [6.45, 7) is 20.4. The summed E-state index contributed by atoms with van der Waals surface area (Å²) in [5.74, 6) is 1.66. The number of rotatable bonds is 22. The zero-order valence-corrected chi connectivity index (χ0v) is 69.9. The van der Waals surface area contributed by atoms with Crippen LogP contribution in [0.5, 0.6) is 17.2 Å². The molecule has 0 saturated carbocycles. The second-order valence-electron chi connectivity index (χ2n) is 30.9. The molecule has 3 aliphatic heterocycles. The van der Waals surface area contributed by atoms with Crippen molar-refractivity contribution in [3.8, 4) is 62.5 Å². The van der Waals surface area contributed by atoms with Crippen molar-refractivity contribution in [1.29, 1.82) is 0 Å². The molecule has 0 atom stereocenters. The van der Waals surface area contributed by atoms with Gasteiger partial charge in [-0.15, -0.1) is 0 Å². The van der Waals surface area contributed by atoms with Crippen molar-refractivity contribution in [2.45, 2.75) is 168 Å². The maximum absolute atomic E-state index is 12.8. The lowest BCUT2D eigenvalue weighted by Crippen LogP contribution is -2.39. The van der Waals surface area contributed by atoms with Crippen LogP contribution in [0.1, 0.15) is 141 Å². The minimum atomic E-state index is -4.38. The highest BCUT2D eigenvalue weighted by Gasteiger charge is 2.37. The van der Waals surface area contributed by atoms with E-state index in [2.05, 4.69) is 51.3 Å². The van der Waals surface area contributed by atoms with E-state index in [0.29, 0.717) is 112 Å². The number of alkyl halides is 13. The predicted molar refractivity (Wildman–Crippen MR) is 440 cm³/mol. The lowest BCUT2D eigenvalue weighted by Gasteiger charge is -2.24. The third kappa shape index (κ3) is 25.9. The van der Waals surface area contributed by atoms with Gasteiger partial charge in [-0.05, 0) is 212 Å². The van der Waals surface area contributed by atoms with E-state index < -0.39 is 81.7 Å². The Kier molecular flexibility index (Phi) is 31.1. The number of halogens is 13. The summed E-state index contributed by atoms with van der Waals surface area (Å²) in [7, 11) is 0. The molecule has 1 N–H and O–H groups in total. The van der Waals surface area contributed by atoms with Crippen molar-refractivity contribution >= 4 is 33.8 Å². The number of hydrogen-bond donors (Lipinski definition) is 1. The number of nitrogens with zero attached hydrogens (tertiary/aromatic N) is 7. The standard InChI is InChI=1S/2C27H29F3N2O4.C25H25F3N2O4.C11H7BrF3NO.CH4/c2*1-4-34-25(33)26(2,3)35-23-10-7-18-11-13-32(14-12-20(18)15-23)17-22-16-24(36-31-22)19-5-8-21(9-6-19)27(28,29)30;1-24(2,23(31)32)33-21-8-5-16-9-11-30(12-10-18(16)13-21)15-20-14-22(34-29-20)17-3-6-19(7-4-17)25(26,27)28;12-6-9-5-10(17-16-9)7-1-3-8(4-2-7)11(13,14)15;/h2*5-10,15-16H,4,11-14,17H2,1-3H3;3-8,13-14H,9-12,15H2,1-2H3,(H,31,32);1-5H,6H2;1H4. The molecular formula is C91H94BrF12N7O13. The average molecular weight is 1800 g/mol. The van der Waals surface area contributed by atoms with Gasteiger partial charge < -0.3 is 46.9 Å². The zero-order chi connectivity index (χ0) is 88.8. The minimum Gasteiger partial charge on any atom is -0.478 e. The van der Waals surface area contributed by atoms with Gasteiger partial charge in [0, 0.05) is 111 Å². The van der Waals surface area contributed by atoms with Gasteiger partial charge in [0.2, 0.25) is 0 Å². The van der Waals surface area contributed by atoms with Gasteiger partial charge in [-0.25, -0.2) is 14.4 Å². The van der Waals surface area contributed by atoms with Gasteiger partial charge in [0.25, 0.3) is 0 Å². The van der Waals surface area contributed by atoms with Crippen LogP contribution in [-0.2, 0) is 112 Å². The molecule has 7 aromatic carbocycles. The zero-order valence-electron chi connectivity index (χ0n) is 68.4. The van der Waals surface area contributed by atoms with Crippen molar-refractivity contribution in [3.05, 3.63) is 254 Å². The molecule has 14 rings (SSSR count). The smallest absolute Gasteiger partial charge is 0.416 e. The summed E-state index contributed by atoms with van der Waals surface area (Å²) in [6.07, 6.45) is -12.6. The highest BCUT2D eigenvalue weighted by Crippen LogP contribution is 2.38. The number of esters is 2. The average Bonchev–Trinajstić information content (AvgIpc) is 1.56. The first-order chi connectivity index (χ1) is 58.1. The van der Waals surface area contributed by atoms with Gasteiger partial charge in [-0.2, -0.15) is 52.7 Å². The van der Waals surface area contributed by atoms with Crippen molar-refractivity contribution < 1.29 is 114 Å². The molecule has 11 aromatic rings. The number of carboxylic acid groups (broad SMARTS) is 1. The molecule has 0 amide bonds. The van der Waals surface area contributed by atoms with Crippen LogP contribution in [0, 0.1) is 0 Å². The number of benzene rings is 7. The molecule has 0 radical (unpaired) electrons. The van der Waals surface area contributed by atoms with Crippen LogP contribution < -0.4 is 14.2 Å². The molecule has 20 nitrogen and oxygen atoms in total. The Hall–Kier alpha value is -11.3. The lowest BCUT2D eigenvalue weighted by atomic mass is 10.0. The fraction of sp³-hybridized carbons (Fsp3) is 0.374. The van der Waals surface area contributed by atoms with E-state index in [4.69, 9.17) is 41.8 Å². The Balaban J connectivity index is 0.000000177. The van der Waals surface area contributed by atoms with Crippen LogP contribution in [-0.4, -0.2) is 128 Å². The van der Waals surface area contributed by atoms with E-state index in [-0.39, 0.29) is 7.43 Å². The SMILES string of the molecule is C.CC(C)(Oc1ccc2c(c1)CCN(Cc1cc(-c3ccc(C(F)(F)F)cc3)on1)CC2)C(=O)O.CCOC(=O)C(C)(C)Oc1ccc2c(c1)CCN(Cc1cc(-c3ccc(C(F)(F)F)cc3)on1)CC2.CCOC(=O)C(C)(C)Oc1ccc2c(c1)CCN(Cc1cc(-c3ccc(C(F)(F)F)cc3)on1)CC2.FC(F)(F)c1ccc(-c2cc(CBr)no2)cc1. The Morgan fingerprint density at radius 2 is 0.589 bits per heavy atom. The Morgan fingerprint density at radius 3 is 0.815 bits per heavy atom. The van der Waals surface area contributed by atoms with Crippen LogP contribution in [0.25, 0.3) is 45.3 Å². The first-order valence-corrected chi connectivity index (χ1v) is 40.5. The Labute approximate surface area is 716 Å². The van der Waals surface area contributed by atoms with E-state index in [1.54, 1.807) is 71.9 Å². The normalized spacial score (nSPS) is 14.3. The highest BCUT2D eigenvalue weighted by atomic mass is 79.9. The molecule has 0 unspecified atom stereocenters. The Morgan fingerprint density at radius 1 is 0.355 bits per heavy atom. The van der Waals surface area contributed by atoms with Gasteiger partial charge >= 0.3 is 42.6 Å². The van der Waals surface area contributed by atoms with E-state index in [9.17, 15) is 72.2 Å². The number of fused-ring (bicyclic) bond motifs is 3. The molecule has 662 valence electrons. The van der Waals surface area contributed by atoms with Crippen LogP contribution >= 0.6 is 15.9 Å². The fourth-order valence-electron chi connectivity index (χ4n) is 13.6. The van der Waals surface area contributed by atoms with Crippen LogP contribution in [0.2, 0.25) is 0 Å². The summed E-state index contributed by atoms with van der Waals surface area (Å²) < 4.78 is 201. The number of carbonyl (C=O) groups is 3. The molecule has 7 heterocycles. The van der Waals surface area contributed by atoms with Crippen molar-refractivity contribution in [3.63, 3.8) is 0 Å². The van der Waals surface area contributed by atoms with Crippen LogP contribution in [0.15, 0.2) is 194 Å². The summed E-state index contributed by atoms with van der Waals surface area (Å²) in [5, 5.41) is 25.9. The van der Waals surface area contributed by atoms with E-state index in [1.807, 2.05) is 48.5 Å². The third-order valence-corrected chi connectivity index (χ3v) is 21.0. The number of hydrogen-bond acceptors (Lipinski definition) is 19. The summed E-state index contributed by atoms with van der Waals surface area (Å²) in [4.78, 5) is 42.4. The molecule has 0 aliphatic carbocycles. The summed E-state index contributed by atoms with van der Waals surface area (Å²) in [5.41, 5.74) is 5.84. The maximum Gasteiger partial charge on any atom is 0.416 e. The first-order valence-electron chi connectivity index (χ1n) is 39.4. The Bertz CT molecular complexity index is 5180. The highest BCUT2D eigenvalue weighted by molar-refractivity contribution is 9.08. The number of aliphatic carboxylic acids is 1. The lowest BCUT2D eigenvalue weighted by molar-refractivity contribution is -0.159. The predicted octanol–water partition coefficient (Wildman–Crippen LogP) is 21.5. The quantitative estimate of drug-likeness (QED) is 0.0377. The second kappa shape index (κ2) is 40.6. The molecule has 124 heavy (non-hydrogen) atoms. The van der Waals surface area contributed by atoms with Gasteiger partial charge in [0.05, 0.1) is 58.2 Å². The number of carbonyl (C=O) groups excluding carboxylic acids is 2. The molecule has 0 fully saturated rings. The third-order valence-electron chi connectivity index (χ3n) is 20.4. The van der Waals surface area contributed by atoms with Crippen molar-refractivity contribution in [1.82, 2.24) is 35.3 Å². The molecule has 0 bridgehead atoms. The number of ether oxygens (including phenoxy) is 5. The number of aromatic nitrogens is 4. The van der Waals surface area contributed by atoms with Crippen molar-refractivity contribution in [2.75, 3.05) is 52.5 Å². The largest absolute Gasteiger partial charge is 0.478 e. The summed E-state index contributed by atoms with van der Waals surface area (Å²) >= 11 is 3.21. The van der Waals surface area contributed by atoms with E-state index >= 15 is 0 Å². The molecule has 3 aliphatic rings. The van der Waals surface area contributed by atoms with E-state index in [1.165, 1.54) is 90.2 Å². The number of carboxylic acids is 1. The van der Waals surface area contributed by atoms with Crippen LogP contribution in [0.4, 0.5) is 52.7 Å². The molecule has 4 aromatic heterocycles. The first kappa shape index (κ1) is 94.9. The fourth-order valence-corrected chi connectivity index (χ4v) is 13.9. The van der Waals surface area contributed by atoms with Gasteiger partial charge in [0.1, 0.15) is 17.2 Å². The van der Waals surface area contributed by atoms with Crippen LogP contribution in [0.3, 0.4) is 0 Å². The topological polar surface area (TPSA) is 231 Å². The van der Waals surface area contributed by atoms with Gasteiger partial charge in [-0.3, -0.25) is 14.7 Å². The minimum absolute atomic E-state index is 0. The van der Waals surface area contributed by atoms with E-state index in [0.717, 1.165) is 143 Å². The van der Waals surface area contributed by atoms with Gasteiger partial charge in [0.15, 0.2) is 39.8 Å². The molecule has 0 spiro atoms. The van der Waals surface area contributed by atoms with Gasteiger partial charge in [-0.1, -0.05) is 111 Å². The second-order valence-corrected chi connectivity index (χ2v) is 31.4. The molecular weight excluding hydrogens is 1710 g/mol. The maximum atomic E-state index is 12.8.